The lowest BCUT2D eigenvalue weighted by molar-refractivity contribution is -0.132. The third-order valence-electron chi connectivity index (χ3n) is 3.14. The zero-order chi connectivity index (χ0) is 15.2. The summed E-state index contributed by atoms with van der Waals surface area (Å²) in [6.45, 7) is 0. The molecule has 2 aromatic carbocycles. The Morgan fingerprint density at radius 2 is 1.76 bits per heavy atom. The first-order valence-electron chi connectivity index (χ1n) is 6.56. The fourth-order valence-electron chi connectivity index (χ4n) is 2.01. The number of hydrogen-bond donors (Lipinski definition) is 3. The maximum absolute atomic E-state index is 11.3. The van der Waals surface area contributed by atoms with Gasteiger partial charge >= 0.3 is 5.97 Å². The molecule has 2 rings (SSSR count). The summed E-state index contributed by atoms with van der Waals surface area (Å²) in [6, 6.07) is 13.7. The second-order valence-corrected chi connectivity index (χ2v) is 4.70. The van der Waals surface area contributed by atoms with Crippen LogP contribution in [0.25, 0.3) is 6.08 Å². The summed E-state index contributed by atoms with van der Waals surface area (Å²) in [7, 11) is 0. The summed E-state index contributed by atoms with van der Waals surface area (Å²) in [4.78, 5) is 11.3. The molecule has 21 heavy (non-hydrogen) atoms. The van der Waals surface area contributed by atoms with Crippen LogP contribution in [0.3, 0.4) is 0 Å². The Bertz CT molecular complexity index is 660. The summed E-state index contributed by atoms with van der Waals surface area (Å²) in [5.74, 6) is -1.22. The average Bonchev–Trinajstić information content (AvgIpc) is 2.46. The predicted molar refractivity (Wildman–Crippen MR) is 80.1 cm³/mol. The summed E-state index contributed by atoms with van der Waals surface area (Å²) >= 11 is 0. The third kappa shape index (κ3) is 4.11. The van der Waals surface area contributed by atoms with Gasteiger partial charge in [-0.25, -0.2) is 4.79 Å². The van der Waals surface area contributed by atoms with Crippen molar-refractivity contribution in [2.24, 2.45) is 0 Å². The monoisotopic (exact) mass is 284 g/mol. The SMILES string of the molecule is O=C(O)/C(=C/c1ccc(O)cc1O)CCc1ccccc1. The van der Waals surface area contributed by atoms with Crippen molar-refractivity contribution in [1.29, 1.82) is 0 Å². The Kier molecular flexibility index (Phi) is 4.61. The number of hydrogen-bond acceptors (Lipinski definition) is 3. The van der Waals surface area contributed by atoms with E-state index in [1.54, 1.807) is 0 Å². The van der Waals surface area contributed by atoms with Crippen molar-refractivity contribution in [3.8, 4) is 11.5 Å². The number of carbonyl (C=O) groups is 1. The van der Waals surface area contributed by atoms with Crippen LogP contribution in [0, 0.1) is 0 Å². The zero-order valence-electron chi connectivity index (χ0n) is 11.4. The quantitative estimate of drug-likeness (QED) is 0.737. The fourth-order valence-corrected chi connectivity index (χ4v) is 2.01. The van der Waals surface area contributed by atoms with E-state index in [1.165, 1.54) is 24.3 Å². The number of aliphatic carboxylic acids is 1. The van der Waals surface area contributed by atoms with Crippen LogP contribution in [0.2, 0.25) is 0 Å². The number of carboxylic acids is 1. The van der Waals surface area contributed by atoms with E-state index in [2.05, 4.69) is 0 Å². The van der Waals surface area contributed by atoms with Gasteiger partial charge in [-0.05, 0) is 36.6 Å². The molecule has 4 nitrogen and oxygen atoms in total. The van der Waals surface area contributed by atoms with Gasteiger partial charge in [0, 0.05) is 17.2 Å². The van der Waals surface area contributed by atoms with Crippen molar-refractivity contribution < 1.29 is 20.1 Å². The number of phenolic OH excluding ortho intramolecular Hbond substituents is 2. The Morgan fingerprint density at radius 3 is 2.38 bits per heavy atom. The standard InChI is InChI=1S/C17H16O4/c18-15-9-8-13(16(19)11-15)10-14(17(20)21)7-6-12-4-2-1-3-5-12/h1-5,8-11,18-19H,6-7H2,(H,20,21)/b14-10+. The van der Waals surface area contributed by atoms with Gasteiger partial charge in [-0.1, -0.05) is 30.3 Å². The maximum Gasteiger partial charge on any atom is 0.331 e. The van der Waals surface area contributed by atoms with Crippen LogP contribution in [-0.4, -0.2) is 21.3 Å². The Balaban J connectivity index is 2.18. The van der Waals surface area contributed by atoms with Gasteiger partial charge in [0.2, 0.25) is 0 Å². The molecule has 0 radical (unpaired) electrons. The van der Waals surface area contributed by atoms with Crippen molar-refractivity contribution in [1.82, 2.24) is 0 Å². The molecule has 0 fully saturated rings. The molecule has 0 amide bonds. The molecule has 108 valence electrons. The maximum atomic E-state index is 11.3. The highest BCUT2D eigenvalue weighted by Crippen LogP contribution is 2.25. The van der Waals surface area contributed by atoms with Crippen LogP contribution in [0.1, 0.15) is 17.5 Å². The van der Waals surface area contributed by atoms with E-state index in [1.807, 2.05) is 30.3 Å². The summed E-state index contributed by atoms with van der Waals surface area (Å²) in [5.41, 5.74) is 1.64. The minimum absolute atomic E-state index is 0.0641. The highest BCUT2D eigenvalue weighted by Gasteiger charge is 2.09. The number of rotatable bonds is 5. The molecule has 0 aromatic heterocycles. The van der Waals surface area contributed by atoms with E-state index in [0.29, 0.717) is 18.4 Å². The van der Waals surface area contributed by atoms with Crippen molar-refractivity contribution in [2.45, 2.75) is 12.8 Å². The molecule has 0 saturated carbocycles. The van der Waals surface area contributed by atoms with Gasteiger partial charge in [-0.2, -0.15) is 0 Å². The molecule has 0 aliphatic rings. The molecule has 4 heteroatoms. The molecule has 0 spiro atoms. The number of aryl methyl sites for hydroxylation is 1. The number of aromatic hydroxyl groups is 2. The van der Waals surface area contributed by atoms with Crippen LogP contribution in [-0.2, 0) is 11.2 Å². The first-order chi connectivity index (χ1) is 10.1. The van der Waals surface area contributed by atoms with E-state index in [0.717, 1.165) is 5.56 Å². The molecule has 0 atom stereocenters. The van der Waals surface area contributed by atoms with Gasteiger partial charge in [0.15, 0.2) is 0 Å². The molecular formula is C17H16O4. The topological polar surface area (TPSA) is 77.8 Å². The molecule has 0 heterocycles. The first-order valence-corrected chi connectivity index (χ1v) is 6.56. The van der Waals surface area contributed by atoms with E-state index >= 15 is 0 Å². The smallest absolute Gasteiger partial charge is 0.331 e. The average molecular weight is 284 g/mol. The van der Waals surface area contributed by atoms with Crippen molar-refractivity contribution >= 4 is 12.0 Å². The van der Waals surface area contributed by atoms with E-state index in [-0.39, 0.29) is 17.1 Å². The summed E-state index contributed by atoms with van der Waals surface area (Å²) in [6.07, 6.45) is 2.40. The lowest BCUT2D eigenvalue weighted by Crippen LogP contribution is -2.02. The molecular weight excluding hydrogens is 268 g/mol. The number of benzene rings is 2. The van der Waals surface area contributed by atoms with Gasteiger partial charge < -0.3 is 15.3 Å². The predicted octanol–water partition coefficient (Wildman–Crippen LogP) is 3.20. The molecule has 2 aromatic rings. The van der Waals surface area contributed by atoms with E-state index < -0.39 is 5.97 Å². The van der Waals surface area contributed by atoms with Crippen LogP contribution >= 0.6 is 0 Å². The normalized spacial score (nSPS) is 11.3. The Morgan fingerprint density at radius 1 is 1.05 bits per heavy atom. The number of phenols is 2. The lowest BCUT2D eigenvalue weighted by atomic mass is 10.0. The minimum atomic E-state index is -1.02. The largest absolute Gasteiger partial charge is 0.508 e. The highest BCUT2D eigenvalue weighted by molar-refractivity contribution is 5.92. The van der Waals surface area contributed by atoms with Gasteiger partial charge in [0.25, 0.3) is 0 Å². The highest BCUT2D eigenvalue weighted by atomic mass is 16.4. The van der Waals surface area contributed by atoms with Crippen molar-refractivity contribution in [3.63, 3.8) is 0 Å². The van der Waals surface area contributed by atoms with Crippen molar-refractivity contribution in [2.75, 3.05) is 0 Å². The fraction of sp³-hybridized carbons (Fsp3) is 0.118. The van der Waals surface area contributed by atoms with E-state index in [4.69, 9.17) is 0 Å². The van der Waals surface area contributed by atoms with Gasteiger partial charge in [-0.15, -0.1) is 0 Å². The zero-order valence-corrected chi connectivity index (χ0v) is 11.4. The molecule has 0 bridgehead atoms. The van der Waals surface area contributed by atoms with Crippen molar-refractivity contribution in [3.05, 3.63) is 65.2 Å². The van der Waals surface area contributed by atoms with Crippen LogP contribution < -0.4 is 0 Å². The van der Waals surface area contributed by atoms with Gasteiger partial charge in [0.05, 0.1) is 0 Å². The molecule has 0 aliphatic carbocycles. The second kappa shape index (κ2) is 6.61. The molecule has 3 N–H and O–H groups in total. The lowest BCUT2D eigenvalue weighted by Gasteiger charge is -2.05. The Hall–Kier alpha value is -2.75. The van der Waals surface area contributed by atoms with E-state index in [9.17, 15) is 20.1 Å². The number of carboxylic acid groups (broad SMARTS) is 1. The molecule has 0 aliphatic heterocycles. The molecule has 0 unspecified atom stereocenters. The second-order valence-electron chi connectivity index (χ2n) is 4.70. The Labute approximate surface area is 122 Å². The minimum Gasteiger partial charge on any atom is -0.508 e. The summed E-state index contributed by atoms with van der Waals surface area (Å²) < 4.78 is 0. The third-order valence-corrected chi connectivity index (χ3v) is 3.14. The van der Waals surface area contributed by atoms with Crippen LogP contribution in [0.15, 0.2) is 54.1 Å². The first kappa shape index (κ1) is 14.7. The summed E-state index contributed by atoms with van der Waals surface area (Å²) in [5, 5.41) is 28.2. The van der Waals surface area contributed by atoms with Gasteiger partial charge in [-0.3, -0.25) is 0 Å². The van der Waals surface area contributed by atoms with Crippen LogP contribution in [0.4, 0.5) is 0 Å². The van der Waals surface area contributed by atoms with Gasteiger partial charge in [0.1, 0.15) is 11.5 Å². The van der Waals surface area contributed by atoms with Crippen LogP contribution in [0.5, 0.6) is 11.5 Å². The molecule has 0 saturated heterocycles.